The predicted octanol–water partition coefficient (Wildman–Crippen LogP) is 3.27. The van der Waals surface area contributed by atoms with E-state index in [1.165, 1.54) is 0 Å². The standard InChI is InChI=1S/C10H9ClN2S.ClH/c11-8-6-13-4-3-7(8)10(12)9-2-1-5-14-9;/h1-6,10H,12H2;1H/t10-;/m1./s1. The number of hydrogen-bond acceptors (Lipinski definition) is 3. The van der Waals surface area contributed by atoms with Crippen LogP contribution < -0.4 is 5.73 Å². The van der Waals surface area contributed by atoms with E-state index in [-0.39, 0.29) is 18.4 Å². The lowest BCUT2D eigenvalue weighted by Crippen LogP contribution is -2.10. The van der Waals surface area contributed by atoms with Crippen LogP contribution in [0.5, 0.6) is 0 Å². The number of hydrogen-bond donors (Lipinski definition) is 1. The smallest absolute Gasteiger partial charge is 0.0661 e. The van der Waals surface area contributed by atoms with Crippen molar-refractivity contribution in [1.29, 1.82) is 0 Å². The lowest BCUT2D eigenvalue weighted by atomic mass is 10.1. The minimum absolute atomic E-state index is 0. The fourth-order valence-corrected chi connectivity index (χ4v) is 2.24. The van der Waals surface area contributed by atoms with Gasteiger partial charge in [-0.1, -0.05) is 17.7 Å². The van der Waals surface area contributed by atoms with Crippen LogP contribution in [-0.2, 0) is 0 Å². The van der Waals surface area contributed by atoms with E-state index in [1.54, 1.807) is 23.7 Å². The van der Waals surface area contributed by atoms with Gasteiger partial charge in [-0.05, 0) is 23.1 Å². The summed E-state index contributed by atoms with van der Waals surface area (Å²) in [4.78, 5) is 5.03. The normalized spacial score (nSPS) is 11.9. The lowest BCUT2D eigenvalue weighted by Gasteiger charge is -2.10. The van der Waals surface area contributed by atoms with E-state index >= 15 is 0 Å². The maximum absolute atomic E-state index is 6.06. The van der Waals surface area contributed by atoms with Gasteiger partial charge >= 0.3 is 0 Å². The molecule has 0 unspecified atom stereocenters. The molecule has 0 aliphatic rings. The minimum Gasteiger partial charge on any atom is -0.320 e. The molecule has 0 saturated heterocycles. The van der Waals surface area contributed by atoms with Crippen LogP contribution in [0.1, 0.15) is 16.5 Å². The average molecular weight is 261 g/mol. The Morgan fingerprint density at radius 1 is 1.40 bits per heavy atom. The number of pyridine rings is 1. The first kappa shape index (κ1) is 12.5. The lowest BCUT2D eigenvalue weighted by molar-refractivity contribution is 0.889. The molecule has 2 N–H and O–H groups in total. The highest BCUT2D eigenvalue weighted by atomic mass is 35.5. The van der Waals surface area contributed by atoms with Crippen LogP contribution in [0.2, 0.25) is 5.02 Å². The Balaban J connectivity index is 0.00000112. The molecule has 15 heavy (non-hydrogen) atoms. The Morgan fingerprint density at radius 2 is 2.20 bits per heavy atom. The Bertz CT molecular complexity index is 417. The van der Waals surface area contributed by atoms with Crippen LogP contribution in [0.25, 0.3) is 0 Å². The summed E-state index contributed by atoms with van der Waals surface area (Å²) in [6, 6.07) is 5.69. The monoisotopic (exact) mass is 260 g/mol. The van der Waals surface area contributed by atoms with E-state index in [2.05, 4.69) is 4.98 Å². The molecule has 0 bridgehead atoms. The summed E-state index contributed by atoms with van der Waals surface area (Å²) in [5.74, 6) is 0. The van der Waals surface area contributed by atoms with Gasteiger partial charge in [0.2, 0.25) is 0 Å². The van der Waals surface area contributed by atoms with E-state index in [9.17, 15) is 0 Å². The maximum Gasteiger partial charge on any atom is 0.0661 e. The van der Waals surface area contributed by atoms with Crippen LogP contribution in [0, 0.1) is 0 Å². The van der Waals surface area contributed by atoms with Crippen LogP contribution in [0.3, 0.4) is 0 Å². The van der Waals surface area contributed by atoms with E-state index in [1.807, 2.05) is 23.6 Å². The average Bonchev–Trinajstić information content (AvgIpc) is 2.70. The molecule has 2 aromatic heterocycles. The molecule has 2 nitrogen and oxygen atoms in total. The summed E-state index contributed by atoms with van der Waals surface area (Å²) >= 11 is 7.63. The maximum atomic E-state index is 6.06. The molecule has 80 valence electrons. The number of thiophene rings is 1. The van der Waals surface area contributed by atoms with Gasteiger partial charge in [0.15, 0.2) is 0 Å². The number of aromatic nitrogens is 1. The van der Waals surface area contributed by atoms with Gasteiger partial charge in [-0.3, -0.25) is 4.98 Å². The van der Waals surface area contributed by atoms with E-state index in [0.717, 1.165) is 10.4 Å². The van der Waals surface area contributed by atoms with Crippen LogP contribution >= 0.6 is 35.3 Å². The molecule has 0 aliphatic carbocycles. The zero-order valence-corrected chi connectivity index (χ0v) is 10.1. The van der Waals surface area contributed by atoms with Gasteiger partial charge in [0, 0.05) is 17.3 Å². The molecular formula is C10H10Cl2N2S. The Hall–Kier alpha value is -0.610. The summed E-state index contributed by atoms with van der Waals surface area (Å²) in [7, 11) is 0. The summed E-state index contributed by atoms with van der Waals surface area (Å²) in [5.41, 5.74) is 6.98. The second kappa shape index (κ2) is 5.47. The molecule has 2 heterocycles. The van der Waals surface area contributed by atoms with E-state index < -0.39 is 0 Å². The topological polar surface area (TPSA) is 38.9 Å². The first-order valence-corrected chi connectivity index (χ1v) is 5.43. The minimum atomic E-state index is -0.148. The zero-order valence-electron chi connectivity index (χ0n) is 7.76. The molecule has 0 spiro atoms. The second-order valence-electron chi connectivity index (χ2n) is 2.89. The van der Waals surface area contributed by atoms with Crippen molar-refractivity contribution >= 4 is 35.3 Å². The molecule has 2 rings (SSSR count). The predicted molar refractivity (Wildman–Crippen MR) is 66.8 cm³/mol. The fourth-order valence-electron chi connectivity index (χ4n) is 1.26. The van der Waals surface area contributed by atoms with Gasteiger partial charge in [0.05, 0.1) is 11.1 Å². The Labute approximate surface area is 104 Å². The van der Waals surface area contributed by atoms with Crippen molar-refractivity contribution in [3.8, 4) is 0 Å². The largest absolute Gasteiger partial charge is 0.320 e. The van der Waals surface area contributed by atoms with Crippen molar-refractivity contribution in [3.63, 3.8) is 0 Å². The van der Waals surface area contributed by atoms with E-state index in [0.29, 0.717) is 5.02 Å². The van der Waals surface area contributed by atoms with Crippen molar-refractivity contribution in [2.75, 3.05) is 0 Å². The first-order chi connectivity index (χ1) is 6.79. The van der Waals surface area contributed by atoms with Gasteiger partial charge in [-0.15, -0.1) is 23.7 Å². The van der Waals surface area contributed by atoms with Crippen LogP contribution in [0.4, 0.5) is 0 Å². The molecule has 0 radical (unpaired) electrons. The molecule has 0 fully saturated rings. The van der Waals surface area contributed by atoms with Gasteiger partial charge in [-0.2, -0.15) is 0 Å². The summed E-state index contributed by atoms with van der Waals surface area (Å²) in [5, 5.41) is 2.62. The summed E-state index contributed by atoms with van der Waals surface area (Å²) in [6.07, 6.45) is 3.32. The molecule has 0 saturated carbocycles. The highest BCUT2D eigenvalue weighted by Crippen LogP contribution is 2.27. The summed E-state index contributed by atoms with van der Waals surface area (Å²) in [6.45, 7) is 0. The second-order valence-corrected chi connectivity index (χ2v) is 4.28. The third-order valence-corrected chi connectivity index (χ3v) is 3.26. The zero-order chi connectivity index (χ0) is 9.97. The highest BCUT2D eigenvalue weighted by Gasteiger charge is 2.12. The third-order valence-electron chi connectivity index (χ3n) is 1.99. The third kappa shape index (κ3) is 2.69. The molecule has 1 atom stereocenters. The van der Waals surface area contributed by atoms with Gasteiger partial charge in [0.1, 0.15) is 0 Å². The quantitative estimate of drug-likeness (QED) is 0.901. The first-order valence-electron chi connectivity index (χ1n) is 4.17. The molecule has 0 amide bonds. The Morgan fingerprint density at radius 3 is 2.80 bits per heavy atom. The van der Waals surface area contributed by atoms with Gasteiger partial charge in [0.25, 0.3) is 0 Å². The molecular weight excluding hydrogens is 251 g/mol. The number of nitrogens with two attached hydrogens (primary N) is 1. The number of rotatable bonds is 2. The van der Waals surface area contributed by atoms with Crippen LogP contribution in [0.15, 0.2) is 36.0 Å². The fraction of sp³-hybridized carbons (Fsp3) is 0.100. The van der Waals surface area contributed by atoms with E-state index in [4.69, 9.17) is 17.3 Å². The number of nitrogens with zero attached hydrogens (tertiary/aromatic N) is 1. The number of halogens is 2. The Kier molecular flexibility index (Phi) is 4.54. The van der Waals surface area contributed by atoms with Crippen molar-refractivity contribution in [3.05, 3.63) is 51.4 Å². The molecule has 2 aromatic rings. The molecule has 0 aliphatic heterocycles. The molecule has 0 aromatic carbocycles. The highest BCUT2D eigenvalue weighted by molar-refractivity contribution is 7.10. The van der Waals surface area contributed by atoms with Crippen molar-refractivity contribution in [1.82, 2.24) is 4.98 Å². The van der Waals surface area contributed by atoms with Crippen LogP contribution in [-0.4, -0.2) is 4.98 Å². The van der Waals surface area contributed by atoms with Gasteiger partial charge < -0.3 is 5.73 Å². The SMILES string of the molecule is Cl.N[C@@H](c1cccs1)c1ccncc1Cl. The van der Waals surface area contributed by atoms with Crippen molar-refractivity contribution in [2.24, 2.45) is 5.73 Å². The molecule has 5 heteroatoms. The summed E-state index contributed by atoms with van der Waals surface area (Å²) < 4.78 is 0. The van der Waals surface area contributed by atoms with Gasteiger partial charge in [-0.25, -0.2) is 0 Å². The van der Waals surface area contributed by atoms with Crippen molar-refractivity contribution in [2.45, 2.75) is 6.04 Å². The van der Waals surface area contributed by atoms with Crippen molar-refractivity contribution < 1.29 is 0 Å².